The van der Waals surface area contributed by atoms with Crippen molar-refractivity contribution in [2.24, 2.45) is 5.92 Å². The van der Waals surface area contributed by atoms with Crippen LogP contribution >= 0.6 is 11.6 Å². The van der Waals surface area contributed by atoms with Crippen molar-refractivity contribution in [1.29, 1.82) is 0 Å². The summed E-state index contributed by atoms with van der Waals surface area (Å²) >= 11 is 6.01. The molecule has 1 atom stereocenters. The monoisotopic (exact) mass is 321 g/mol. The molecule has 0 aliphatic carbocycles. The molecule has 1 aliphatic rings. The van der Waals surface area contributed by atoms with E-state index in [4.69, 9.17) is 16.7 Å². The second-order valence-electron chi connectivity index (χ2n) is 5.23. The fourth-order valence-corrected chi connectivity index (χ4v) is 2.76. The van der Waals surface area contributed by atoms with Crippen molar-refractivity contribution in [2.75, 3.05) is 13.1 Å². The summed E-state index contributed by atoms with van der Waals surface area (Å²) in [5.74, 6) is -2.39. The van der Waals surface area contributed by atoms with Gasteiger partial charge in [-0.05, 0) is 37.1 Å². The predicted molar refractivity (Wildman–Crippen MR) is 72.5 cm³/mol. The van der Waals surface area contributed by atoms with Crippen molar-refractivity contribution in [3.63, 3.8) is 0 Å². The van der Waals surface area contributed by atoms with Crippen molar-refractivity contribution in [1.82, 2.24) is 4.90 Å². The first kappa shape index (κ1) is 16.1. The lowest BCUT2D eigenvalue weighted by molar-refractivity contribution is -0.187. The number of carbonyl (C=O) groups is 1. The van der Waals surface area contributed by atoms with Crippen LogP contribution in [0.5, 0.6) is 0 Å². The molecular formula is C14H15ClF3NO2. The molecule has 0 amide bonds. The zero-order valence-corrected chi connectivity index (χ0v) is 11.9. The van der Waals surface area contributed by atoms with Crippen molar-refractivity contribution >= 4 is 17.6 Å². The number of rotatable bonds is 3. The fraction of sp³-hybridized carbons (Fsp3) is 0.500. The molecule has 0 saturated carbocycles. The topological polar surface area (TPSA) is 40.5 Å². The molecule has 1 N–H and O–H groups in total. The molecule has 1 aromatic rings. The quantitative estimate of drug-likeness (QED) is 0.920. The molecule has 0 spiro atoms. The van der Waals surface area contributed by atoms with Gasteiger partial charge in [-0.15, -0.1) is 0 Å². The number of piperidine rings is 1. The Morgan fingerprint density at radius 3 is 2.71 bits per heavy atom. The lowest BCUT2D eigenvalue weighted by Crippen LogP contribution is -2.41. The Morgan fingerprint density at radius 1 is 1.43 bits per heavy atom. The summed E-state index contributed by atoms with van der Waals surface area (Å²) in [5.41, 5.74) is 0.708. The molecule has 1 heterocycles. The van der Waals surface area contributed by atoms with Crippen LogP contribution in [-0.4, -0.2) is 35.2 Å². The van der Waals surface area contributed by atoms with Gasteiger partial charge in [0.25, 0.3) is 0 Å². The number of carboxylic acid groups (broad SMARTS) is 1. The summed E-state index contributed by atoms with van der Waals surface area (Å²) in [7, 11) is 0. The number of benzene rings is 1. The standard InChI is InChI=1S/C14H15ClF3NO2/c15-12-6-9(13(20)21)3-4-10(12)7-19-5-1-2-11(8-19)14(16,17)18/h3-4,6,11H,1-2,5,7-8H2,(H,20,21). The minimum atomic E-state index is -4.17. The van der Waals surface area contributed by atoms with Crippen molar-refractivity contribution in [3.8, 4) is 0 Å². The van der Waals surface area contributed by atoms with E-state index in [0.717, 1.165) is 0 Å². The lowest BCUT2D eigenvalue weighted by atomic mass is 9.97. The zero-order valence-electron chi connectivity index (χ0n) is 11.2. The van der Waals surface area contributed by atoms with E-state index in [1.165, 1.54) is 12.1 Å². The minimum absolute atomic E-state index is 0.0412. The van der Waals surface area contributed by atoms with Gasteiger partial charge in [-0.25, -0.2) is 4.79 Å². The predicted octanol–water partition coefficient (Wildman–Crippen LogP) is 3.81. The fourth-order valence-electron chi connectivity index (χ4n) is 2.52. The molecule has 0 aromatic heterocycles. The maximum absolute atomic E-state index is 12.8. The molecule has 2 rings (SSSR count). The Balaban J connectivity index is 2.06. The average molecular weight is 322 g/mol. The van der Waals surface area contributed by atoms with E-state index in [-0.39, 0.29) is 23.6 Å². The SMILES string of the molecule is O=C(O)c1ccc(CN2CCCC(C(F)(F)F)C2)c(Cl)c1. The first-order valence-electron chi connectivity index (χ1n) is 6.58. The molecule has 0 radical (unpaired) electrons. The Bertz CT molecular complexity index is 533. The number of hydrogen-bond acceptors (Lipinski definition) is 2. The van der Waals surface area contributed by atoms with Crippen molar-refractivity contribution in [3.05, 3.63) is 34.3 Å². The lowest BCUT2D eigenvalue weighted by Gasteiger charge is -2.33. The molecule has 7 heteroatoms. The van der Waals surface area contributed by atoms with Crippen LogP contribution in [0.2, 0.25) is 5.02 Å². The molecule has 1 aromatic carbocycles. The molecule has 1 unspecified atom stereocenters. The summed E-state index contributed by atoms with van der Waals surface area (Å²) in [6.45, 7) is 0.843. The van der Waals surface area contributed by atoms with Gasteiger partial charge < -0.3 is 5.11 Å². The van der Waals surface area contributed by atoms with Gasteiger partial charge in [-0.1, -0.05) is 17.7 Å². The third-order valence-electron chi connectivity index (χ3n) is 3.66. The number of aromatic carboxylic acids is 1. The van der Waals surface area contributed by atoms with Gasteiger partial charge >= 0.3 is 12.1 Å². The summed E-state index contributed by atoms with van der Waals surface area (Å²) in [5, 5.41) is 9.12. The first-order valence-corrected chi connectivity index (χ1v) is 6.96. The highest BCUT2D eigenvalue weighted by atomic mass is 35.5. The third-order valence-corrected chi connectivity index (χ3v) is 4.01. The summed E-state index contributed by atoms with van der Waals surface area (Å²) in [6, 6.07) is 4.29. The molecular weight excluding hydrogens is 307 g/mol. The smallest absolute Gasteiger partial charge is 0.393 e. The van der Waals surface area contributed by atoms with E-state index in [0.29, 0.717) is 25.1 Å². The number of hydrogen-bond donors (Lipinski definition) is 1. The van der Waals surface area contributed by atoms with Gasteiger partial charge in [0, 0.05) is 18.1 Å². The van der Waals surface area contributed by atoms with Crippen LogP contribution in [0, 0.1) is 5.92 Å². The van der Waals surface area contributed by atoms with Gasteiger partial charge in [0.05, 0.1) is 11.5 Å². The normalized spacial score (nSPS) is 20.5. The average Bonchev–Trinajstić information content (AvgIpc) is 2.40. The van der Waals surface area contributed by atoms with E-state index < -0.39 is 18.1 Å². The van der Waals surface area contributed by atoms with Crippen LogP contribution in [-0.2, 0) is 6.54 Å². The van der Waals surface area contributed by atoms with E-state index >= 15 is 0 Å². The van der Waals surface area contributed by atoms with Crippen LogP contribution in [0.1, 0.15) is 28.8 Å². The van der Waals surface area contributed by atoms with Gasteiger partial charge in [-0.3, -0.25) is 4.90 Å². The van der Waals surface area contributed by atoms with E-state index in [1.807, 2.05) is 0 Å². The minimum Gasteiger partial charge on any atom is -0.478 e. The molecule has 3 nitrogen and oxygen atoms in total. The first-order chi connectivity index (χ1) is 9.77. The number of nitrogens with zero attached hydrogens (tertiary/aromatic N) is 1. The molecule has 1 fully saturated rings. The second kappa shape index (κ2) is 6.23. The summed E-state index contributed by atoms with van der Waals surface area (Å²) in [4.78, 5) is 12.5. The summed E-state index contributed by atoms with van der Waals surface area (Å²) < 4.78 is 38.3. The molecule has 21 heavy (non-hydrogen) atoms. The highest BCUT2D eigenvalue weighted by Gasteiger charge is 2.41. The van der Waals surface area contributed by atoms with Crippen molar-refractivity contribution in [2.45, 2.75) is 25.6 Å². The van der Waals surface area contributed by atoms with Crippen LogP contribution in [0.3, 0.4) is 0 Å². The Kier molecular flexibility index (Phi) is 4.78. The molecule has 116 valence electrons. The van der Waals surface area contributed by atoms with Gasteiger partial charge in [-0.2, -0.15) is 13.2 Å². The number of halogens is 4. The highest BCUT2D eigenvalue weighted by molar-refractivity contribution is 6.31. The van der Waals surface area contributed by atoms with Crippen LogP contribution in [0.15, 0.2) is 18.2 Å². The van der Waals surface area contributed by atoms with Gasteiger partial charge in [0.15, 0.2) is 0 Å². The van der Waals surface area contributed by atoms with Crippen LogP contribution in [0.4, 0.5) is 13.2 Å². The number of carboxylic acids is 1. The zero-order chi connectivity index (χ0) is 15.6. The molecule has 1 aliphatic heterocycles. The maximum Gasteiger partial charge on any atom is 0.393 e. The Hall–Kier alpha value is -1.27. The van der Waals surface area contributed by atoms with E-state index in [1.54, 1.807) is 11.0 Å². The van der Waals surface area contributed by atoms with Crippen LogP contribution in [0.25, 0.3) is 0 Å². The largest absolute Gasteiger partial charge is 0.478 e. The maximum atomic E-state index is 12.8. The summed E-state index contributed by atoms with van der Waals surface area (Å²) in [6.07, 6.45) is -3.52. The molecule has 0 bridgehead atoms. The van der Waals surface area contributed by atoms with E-state index in [9.17, 15) is 18.0 Å². The van der Waals surface area contributed by atoms with Gasteiger partial charge in [0.1, 0.15) is 0 Å². The second-order valence-corrected chi connectivity index (χ2v) is 5.63. The van der Waals surface area contributed by atoms with E-state index in [2.05, 4.69) is 0 Å². The number of likely N-dealkylation sites (tertiary alicyclic amines) is 1. The van der Waals surface area contributed by atoms with Crippen LogP contribution < -0.4 is 0 Å². The number of alkyl halides is 3. The van der Waals surface area contributed by atoms with Gasteiger partial charge in [0.2, 0.25) is 0 Å². The Labute approximate surface area is 125 Å². The third kappa shape index (κ3) is 4.11. The Morgan fingerprint density at radius 2 is 2.14 bits per heavy atom. The highest BCUT2D eigenvalue weighted by Crippen LogP contribution is 2.34. The van der Waals surface area contributed by atoms with Crippen molar-refractivity contribution < 1.29 is 23.1 Å². The molecule has 1 saturated heterocycles.